The number of amides is 1. The van der Waals surface area contributed by atoms with Crippen LogP contribution in [0.25, 0.3) is 0 Å². The van der Waals surface area contributed by atoms with E-state index in [1.165, 1.54) is 14.2 Å². The lowest BCUT2D eigenvalue weighted by Crippen LogP contribution is -2.36. The lowest BCUT2D eigenvalue weighted by Gasteiger charge is -2.30. The number of carbonyl (C=O) groups excluding carboxylic acids is 1. The second-order valence-electron chi connectivity index (χ2n) is 4.92. The number of hydrogen-bond acceptors (Lipinski definition) is 5. The molecule has 7 heteroatoms. The molecule has 0 fully saturated rings. The van der Waals surface area contributed by atoms with Gasteiger partial charge in [0, 0.05) is 16.7 Å². The number of methoxy groups -OCH3 is 2. The van der Waals surface area contributed by atoms with Crippen LogP contribution in [0.3, 0.4) is 0 Å². The van der Waals surface area contributed by atoms with Gasteiger partial charge in [0.25, 0.3) is 0 Å². The second-order valence-corrected chi connectivity index (χ2v) is 4.92. The van der Waals surface area contributed by atoms with Crippen LogP contribution in [0.2, 0.25) is 0 Å². The SMILES string of the molecule is CC[C@@H]1C(=O)Nc2cc(OC)c(OC)cc2[C@@H]1C[N+](=O)[O-]. The molecule has 0 aliphatic carbocycles. The van der Waals surface area contributed by atoms with E-state index in [-0.39, 0.29) is 17.4 Å². The molecule has 7 nitrogen and oxygen atoms in total. The highest BCUT2D eigenvalue weighted by Gasteiger charge is 2.38. The number of ether oxygens (including phenoxy) is 2. The average Bonchev–Trinajstić information content (AvgIpc) is 2.45. The van der Waals surface area contributed by atoms with Crippen molar-refractivity contribution in [1.29, 1.82) is 0 Å². The summed E-state index contributed by atoms with van der Waals surface area (Å²) in [5.74, 6) is -0.0967. The topological polar surface area (TPSA) is 90.7 Å². The zero-order valence-electron chi connectivity index (χ0n) is 12.2. The molecule has 1 aromatic carbocycles. The van der Waals surface area contributed by atoms with Crippen molar-refractivity contribution in [1.82, 2.24) is 0 Å². The summed E-state index contributed by atoms with van der Waals surface area (Å²) in [5, 5.41) is 13.7. The molecule has 1 amide bonds. The molecule has 1 aliphatic heterocycles. The second kappa shape index (κ2) is 5.99. The van der Waals surface area contributed by atoms with E-state index in [2.05, 4.69) is 5.32 Å². The minimum absolute atomic E-state index is 0.191. The Morgan fingerprint density at radius 3 is 2.38 bits per heavy atom. The van der Waals surface area contributed by atoms with Crippen molar-refractivity contribution in [2.75, 3.05) is 26.1 Å². The first-order valence-corrected chi connectivity index (χ1v) is 6.70. The van der Waals surface area contributed by atoms with Gasteiger partial charge in [0.15, 0.2) is 11.5 Å². The Morgan fingerprint density at radius 2 is 1.86 bits per heavy atom. The Kier molecular flexibility index (Phi) is 4.30. The van der Waals surface area contributed by atoms with Crippen LogP contribution in [0.5, 0.6) is 11.5 Å². The Morgan fingerprint density at radius 1 is 1.24 bits per heavy atom. The number of nitrogens with zero attached hydrogens (tertiary/aromatic N) is 1. The van der Waals surface area contributed by atoms with Gasteiger partial charge in [-0.3, -0.25) is 14.9 Å². The van der Waals surface area contributed by atoms with E-state index in [4.69, 9.17) is 9.47 Å². The third kappa shape index (κ3) is 2.76. The summed E-state index contributed by atoms with van der Waals surface area (Å²) >= 11 is 0. The van der Waals surface area contributed by atoms with E-state index in [1.807, 2.05) is 6.92 Å². The lowest BCUT2D eigenvalue weighted by molar-refractivity contribution is -0.484. The van der Waals surface area contributed by atoms with Gasteiger partial charge in [-0.15, -0.1) is 0 Å². The van der Waals surface area contributed by atoms with Crippen LogP contribution < -0.4 is 14.8 Å². The van der Waals surface area contributed by atoms with Crippen LogP contribution >= 0.6 is 0 Å². The molecule has 0 spiro atoms. The number of rotatable bonds is 5. The fraction of sp³-hybridized carbons (Fsp3) is 0.500. The molecule has 1 N–H and O–H groups in total. The number of benzene rings is 1. The molecular weight excluding hydrogens is 276 g/mol. The van der Waals surface area contributed by atoms with E-state index < -0.39 is 11.8 Å². The summed E-state index contributed by atoms with van der Waals surface area (Å²) in [6.07, 6.45) is 0.540. The fourth-order valence-corrected chi connectivity index (χ4v) is 2.79. The first-order valence-electron chi connectivity index (χ1n) is 6.70. The number of fused-ring (bicyclic) bond motifs is 1. The van der Waals surface area contributed by atoms with E-state index >= 15 is 0 Å². The Hall–Kier alpha value is -2.31. The predicted octanol–water partition coefficient (Wildman–Crippen LogP) is 2.04. The first-order chi connectivity index (χ1) is 10.0. The van der Waals surface area contributed by atoms with Crippen LogP contribution in [-0.2, 0) is 4.79 Å². The fourth-order valence-electron chi connectivity index (χ4n) is 2.79. The maximum absolute atomic E-state index is 12.1. The number of carbonyl (C=O) groups is 1. The summed E-state index contributed by atoms with van der Waals surface area (Å²) in [6, 6.07) is 3.36. The molecule has 0 saturated carbocycles. The summed E-state index contributed by atoms with van der Waals surface area (Å²) in [5.41, 5.74) is 1.27. The molecule has 1 aromatic rings. The molecule has 2 atom stereocenters. The first kappa shape index (κ1) is 15.1. The highest BCUT2D eigenvalue weighted by molar-refractivity contribution is 5.97. The zero-order valence-corrected chi connectivity index (χ0v) is 12.2. The normalized spacial score (nSPS) is 20.4. The van der Waals surface area contributed by atoms with Crippen LogP contribution in [-0.4, -0.2) is 31.6 Å². The summed E-state index contributed by atoms with van der Waals surface area (Å²) < 4.78 is 10.4. The van der Waals surface area contributed by atoms with Crippen LogP contribution in [0.1, 0.15) is 24.8 Å². The maximum atomic E-state index is 12.1. The van der Waals surface area contributed by atoms with Gasteiger partial charge < -0.3 is 14.8 Å². The molecule has 1 heterocycles. The molecule has 0 unspecified atom stereocenters. The van der Waals surface area contributed by atoms with Gasteiger partial charge in [-0.1, -0.05) is 6.92 Å². The molecule has 21 heavy (non-hydrogen) atoms. The number of anilines is 1. The average molecular weight is 294 g/mol. The lowest BCUT2D eigenvalue weighted by atomic mass is 9.80. The van der Waals surface area contributed by atoms with E-state index in [0.717, 1.165) is 5.56 Å². The summed E-state index contributed by atoms with van der Waals surface area (Å²) in [6.45, 7) is 1.57. The van der Waals surface area contributed by atoms with Gasteiger partial charge in [0.2, 0.25) is 12.5 Å². The van der Waals surface area contributed by atoms with Gasteiger partial charge >= 0.3 is 0 Å². The third-order valence-electron chi connectivity index (χ3n) is 3.82. The van der Waals surface area contributed by atoms with E-state index in [0.29, 0.717) is 23.6 Å². The third-order valence-corrected chi connectivity index (χ3v) is 3.82. The van der Waals surface area contributed by atoms with Crippen molar-refractivity contribution < 1.29 is 19.2 Å². The summed E-state index contributed by atoms with van der Waals surface area (Å²) in [7, 11) is 3.00. The molecule has 1 aliphatic rings. The smallest absolute Gasteiger partial charge is 0.228 e. The van der Waals surface area contributed by atoms with E-state index in [1.54, 1.807) is 12.1 Å². The molecule has 0 radical (unpaired) electrons. The molecule has 2 rings (SSSR count). The van der Waals surface area contributed by atoms with Crippen molar-refractivity contribution in [3.8, 4) is 11.5 Å². The molecule has 114 valence electrons. The number of nitrogens with one attached hydrogen (secondary N) is 1. The minimum atomic E-state index is -0.464. The highest BCUT2D eigenvalue weighted by atomic mass is 16.6. The van der Waals surface area contributed by atoms with Crippen molar-refractivity contribution in [3.63, 3.8) is 0 Å². The van der Waals surface area contributed by atoms with Gasteiger partial charge in [0.05, 0.1) is 26.1 Å². The largest absolute Gasteiger partial charge is 0.493 e. The Balaban J connectivity index is 2.54. The van der Waals surface area contributed by atoms with Gasteiger partial charge in [-0.2, -0.15) is 0 Å². The molecule has 0 aromatic heterocycles. The standard InChI is InChI=1S/C14H18N2O5/c1-4-8-10(7-16(18)19)9-5-12(20-2)13(21-3)6-11(9)15-14(8)17/h5-6,8,10H,4,7H2,1-3H3,(H,15,17)/t8-,10+/m0/s1. The van der Waals surface area contributed by atoms with Crippen molar-refractivity contribution in [2.24, 2.45) is 5.92 Å². The Labute approximate surface area is 122 Å². The monoisotopic (exact) mass is 294 g/mol. The molecule has 0 saturated heterocycles. The van der Waals surface area contributed by atoms with Gasteiger partial charge in [-0.25, -0.2) is 0 Å². The maximum Gasteiger partial charge on any atom is 0.228 e. The molecular formula is C14H18N2O5. The predicted molar refractivity (Wildman–Crippen MR) is 76.6 cm³/mol. The Bertz CT molecular complexity index is 573. The zero-order chi connectivity index (χ0) is 15.6. The quantitative estimate of drug-likeness (QED) is 0.663. The van der Waals surface area contributed by atoms with Crippen LogP contribution in [0.15, 0.2) is 12.1 Å². The van der Waals surface area contributed by atoms with Gasteiger partial charge in [0.1, 0.15) is 0 Å². The minimum Gasteiger partial charge on any atom is -0.493 e. The van der Waals surface area contributed by atoms with Crippen LogP contribution in [0, 0.1) is 16.0 Å². The van der Waals surface area contributed by atoms with Gasteiger partial charge in [-0.05, 0) is 18.1 Å². The molecule has 0 bridgehead atoms. The van der Waals surface area contributed by atoms with Crippen molar-refractivity contribution in [2.45, 2.75) is 19.3 Å². The number of nitro groups is 1. The highest BCUT2D eigenvalue weighted by Crippen LogP contribution is 2.43. The van der Waals surface area contributed by atoms with Crippen LogP contribution in [0.4, 0.5) is 5.69 Å². The van der Waals surface area contributed by atoms with E-state index in [9.17, 15) is 14.9 Å². The number of hydrogen-bond donors (Lipinski definition) is 1. The summed E-state index contributed by atoms with van der Waals surface area (Å²) in [4.78, 5) is 22.7. The van der Waals surface area contributed by atoms with Crippen molar-refractivity contribution >= 4 is 11.6 Å². The van der Waals surface area contributed by atoms with Crippen molar-refractivity contribution in [3.05, 3.63) is 27.8 Å².